The van der Waals surface area contributed by atoms with Gasteiger partial charge in [0.1, 0.15) is 0 Å². The molecule has 0 aliphatic carbocycles. The first kappa shape index (κ1) is 23.7. The average Bonchev–Trinajstić information content (AvgIpc) is 3.41. The predicted octanol–water partition coefficient (Wildman–Crippen LogP) is 3.82. The Bertz CT molecular complexity index is 961. The molecule has 1 aromatic carbocycles. The Morgan fingerprint density at radius 3 is 2.70 bits per heavy atom. The molecule has 1 atom stereocenters. The van der Waals surface area contributed by atoms with Gasteiger partial charge in [-0.25, -0.2) is 5.48 Å². The number of benzene rings is 1. The number of nitrogens with zero attached hydrogens (tertiary/aromatic N) is 3. The second kappa shape index (κ2) is 11.1. The smallest absolute Gasteiger partial charge is 0.267 e. The number of amides is 1. The summed E-state index contributed by atoms with van der Waals surface area (Å²) in [6, 6.07) is 8.80. The number of carbonyl (C=O) groups is 1. The first-order valence-electron chi connectivity index (χ1n) is 12.1. The highest BCUT2D eigenvalue weighted by molar-refractivity contribution is 5.90. The van der Waals surface area contributed by atoms with Crippen LogP contribution in [0.25, 0.3) is 6.08 Å². The van der Waals surface area contributed by atoms with Crippen LogP contribution in [-0.4, -0.2) is 52.1 Å². The Morgan fingerprint density at radius 1 is 1.21 bits per heavy atom. The molecule has 0 unspecified atom stereocenters. The Hall–Kier alpha value is -2.48. The molecule has 0 saturated carbocycles. The summed E-state index contributed by atoms with van der Waals surface area (Å²) in [4.78, 5) is 13.8. The van der Waals surface area contributed by atoms with Crippen molar-refractivity contribution in [2.75, 3.05) is 26.3 Å². The van der Waals surface area contributed by atoms with Gasteiger partial charge < -0.3 is 4.74 Å². The van der Waals surface area contributed by atoms with E-state index in [9.17, 15) is 4.79 Å². The number of carbonyl (C=O) groups excluding carboxylic acids is 1. The van der Waals surface area contributed by atoms with E-state index in [0.29, 0.717) is 12.0 Å². The van der Waals surface area contributed by atoms with Gasteiger partial charge in [0.25, 0.3) is 5.91 Å². The lowest BCUT2D eigenvalue weighted by molar-refractivity contribution is -0.124. The van der Waals surface area contributed by atoms with E-state index in [2.05, 4.69) is 35.6 Å². The van der Waals surface area contributed by atoms with Gasteiger partial charge in [-0.05, 0) is 81.2 Å². The Balaban J connectivity index is 1.37. The van der Waals surface area contributed by atoms with Gasteiger partial charge >= 0.3 is 0 Å². The van der Waals surface area contributed by atoms with E-state index in [1.807, 2.05) is 12.1 Å². The maximum Gasteiger partial charge on any atom is 0.267 e. The number of aryl methyl sites for hydroxylation is 1. The Morgan fingerprint density at radius 2 is 1.97 bits per heavy atom. The van der Waals surface area contributed by atoms with Crippen LogP contribution < -0.4 is 5.48 Å². The van der Waals surface area contributed by atoms with E-state index < -0.39 is 5.91 Å². The van der Waals surface area contributed by atoms with Crippen LogP contribution in [0.3, 0.4) is 0 Å². The van der Waals surface area contributed by atoms with Gasteiger partial charge in [-0.2, -0.15) is 5.10 Å². The number of aromatic nitrogens is 2. The van der Waals surface area contributed by atoms with E-state index in [1.165, 1.54) is 41.4 Å². The molecule has 2 aliphatic rings. The summed E-state index contributed by atoms with van der Waals surface area (Å²) in [6.45, 7) is 9.28. The summed E-state index contributed by atoms with van der Waals surface area (Å²) in [6.07, 6.45) is 8.69. The zero-order chi connectivity index (χ0) is 23.2. The molecule has 2 fully saturated rings. The first-order valence-corrected chi connectivity index (χ1v) is 12.1. The highest BCUT2D eigenvalue weighted by atomic mass is 16.5. The number of hydroxylamine groups is 1. The van der Waals surface area contributed by atoms with Crippen LogP contribution in [-0.2, 0) is 22.5 Å². The first-order chi connectivity index (χ1) is 16.0. The molecule has 0 spiro atoms. The monoisotopic (exact) mass is 452 g/mol. The third kappa shape index (κ3) is 5.91. The molecule has 2 aliphatic heterocycles. The molecule has 7 nitrogen and oxygen atoms in total. The number of hydrogen-bond acceptors (Lipinski definition) is 5. The second-order valence-electron chi connectivity index (χ2n) is 9.31. The molecular formula is C26H36N4O3. The summed E-state index contributed by atoms with van der Waals surface area (Å²) in [5.74, 6) is 0.145. The van der Waals surface area contributed by atoms with Crippen molar-refractivity contribution < 1.29 is 14.7 Å². The van der Waals surface area contributed by atoms with E-state index in [4.69, 9.17) is 15.0 Å². The summed E-state index contributed by atoms with van der Waals surface area (Å²) < 4.78 is 7.74. The zero-order valence-corrected chi connectivity index (χ0v) is 19.8. The molecule has 0 bridgehead atoms. The lowest BCUT2D eigenvalue weighted by Crippen LogP contribution is -2.26. The van der Waals surface area contributed by atoms with Crippen LogP contribution in [0.1, 0.15) is 59.8 Å². The van der Waals surface area contributed by atoms with Crippen molar-refractivity contribution in [2.45, 2.75) is 58.5 Å². The number of hydrogen-bond donors (Lipinski definition) is 2. The molecule has 4 rings (SSSR count). The minimum atomic E-state index is -0.525. The fourth-order valence-corrected chi connectivity index (χ4v) is 5.21. The Kier molecular flexibility index (Phi) is 7.96. The van der Waals surface area contributed by atoms with Crippen LogP contribution >= 0.6 is 0 Å². The molecule has 1 aromatic heterocycles. The molecule has 2 N–H and O–H groups in total. The zero-order valence-electron chi connectivity index (χ0n) is 19.8. The van der Waals surface area contributed by atoms with Crippen LogP contribution in [0, 0.1) is 19.8 Å². The molecule has 1 amide bonds. The maximum atomic E-state index is 11.2. The van der Waals surface area contributed by atoms with Gasteiger partial charge in [-0.3, -0.25) is 19.6 Å². The topological polar surface area (TPSA) is 79.6 Å². The lowest BCUT2D eigenvalue weighted by atomic mass is 10.0. The minimum Gasteiger partial charge on any atom is -0.381 e. The fourth-order valence-electron chi connectivity index (χ4n) is 5.21. The molecule has 3 heterocycles. The van der Waals surface area contributed by atoms with Crippen molar-refractivity contribution in [3.05, 3.63) is 58.4 Å². The number of ether oxygens (including phenoxy) is 1. The number of nitrogens with one attached hydrogen (secondary N) is 1. The maximum absolute atomic E-state index is 11.2. The second-order valence-corrected chi connectivity index (χ2v) is 9.31. The molecule has 178 valence electrons. The van der Waals surface area contributed by atoms with E-state index >= 15 is 0 Å². The van der Waals surface area contributed by atoms with Crippen molar-refractivity contribution in [1.82, 2.24) is 20.2 Å². The summed E-state index contributed by atoms with van der Waals surface area (Å²) in [7, 11) is 0. The van der Waals surface area contributed by atoms with Gasteiger partial charge in [0, 0.05) is 44.1 Å². The van der Waals surface area contributed by atoms with Crippen molar-refractivity contribution in [1.29, 1.82) is 0 Å². The predicted molar refractivity (Wildman–Crippen MR) is 128 cm³/mol. The SMILES string of the molecule is Cc1nn(CC2CCOCC2)c(C)c1CCN1CCC[C@H]1c1ccc(C=CC(=O)NO)cc1. The van der Waals surface area contributed by atoms with Crippen LogP contribution in [0.15, 0.2) is 30.3 Å². The molecule has 2 saturated heterocycles. The van der Waals surface area contributed by atoms with Crippen LogP contribution in [0.5, 0.6) is 0 Å². The quantitative estimate of drug-likeness (QED) is 0.362. The van der Waals surface area contributed by atoms with Gasteiger partial charge in [-0.1, -0.05) is 24.3 Å². The van der Waals surface area contributed by atoms with Crippen molar-refractivity contribution in [3.63, 3.8) is 0 Å². The molecule has 7 heteroatoms. The average molecular weight is 453 g/mol. The third-order valence-corrected chi connectivity index (χ3v) is 7.17. The van der Waals surface area contributed by atoms with Crippen LogP contribution in [0.4, 0.5) is 0 Å². The van der Waals surface area contributed by atoms with Crippen molar-refractivity contribution >= 4 is 12.0 Å². The number of likely N-dealkylation sites (tertiary alicyclic amines) is 1. The van der Waals surface area contributed by atoms with Gasteiger partial charge in [0.05, 0.1) is 5.69 Å². The van der Waals surface area contributed by atoms with E-state index in [1.54, 1.807) is 11.6 Å². The van der Waals surface area contributed by atoms with E-state index in [0.717, 1.165) is 57.7 Å². The van der Waals surface area contributed by atoms with Crippen molar-refractivity contribution in [2.24, 2.45) is 5.92 Å². The molecular weight excluding hydrogens is 416 g/mol. The number of rotatable bonds is 8. The third-order valence-electron chi connectivity index (χ3n) is 7.17. The largest absolute Gasteiger partial charge is 0.381 e. The minimum absolute atomic E-state index is 0.432. The van der Waals surface area contributed by atoms with Gasteiger partial charge in [0.2, 0.25) is 0 Å². The molecule has 2 aromatic rings. The molecule has 0 radical (unpaired) electrons. The van der Waals surface area contributed by atoms with E-state index in [-0.39, 0.29) is 0 Å². The van der Waals surface area contributed by atoms with Crippen LogP contribution in [0.2, 0.25) is 0 Å². The van der Waals surface area contributed by atoms with Gasteiger partial charge in [0.15, 0.2) is 0 Å². The summed E-state index contributed by atoms with van der Waals surface area (Å²) in [5, 5.41) is 13.5. The Labute approximate surface area is 196 Å². The summed E-state index contributed by atoms with van der Waals surface area (Å²) in [5.41, 5.74) is 7.75. The normalized spacial score (nSPS) is 20.0. The highest BCUT2D eigenvalue weighted by Gasteiger charge is 2.26. The standard InChI is InChI=1S/C26H36N4O3/c1-19-24(20(2)30(27-19)18-22-12-16-33-17-13-22)11-15-29-14-3-4-25(29)23-8-5-21(6-9-23)7-10-26(31)28-32/h5-10,22,25,32H,3-4,11-18H2,1-2H3,(H,28,31)/t25-/m0/s1. The fraction of sp³-hybridized carbons (Fsp3) is 0.538. The lowest BCUT2D eigenvalue weighted by Gasteiger charge is -2.25. The van der Waals surface area contributed by atoms with Gasteiger partial charge in [-0.15, -0.1) is 0 Å². The highest BCUT2D eigenvalue weighted by Crippen LogP contribution is 2.32. The molecule has 33 heavy (non-hydrogen) atoms. The summed E-state index contributed by atoms with van der Waals surface area (Å²) >= 11 is 0. The van der Waals surface area contributed by atoms with Crippen molar-refractivity contribution in [3.8, 4) is 0 Å².